The average molecular weight is 268 g/mol. The van der Waals surface area contributed by atoms with Gasteiger partial charge in [-0.05, 0) is 44.6 Å². The fraction of sp³-hybridized carbons (Fsp3) is 0.571. The summed E-state index contributed by atoms with van der Waals surface area (Å²) >= 11 is 6.10. The van der Waals surface area contributed by atoms with Crippen molar-refractivity contribution in [3.05, 3.63) is 28.8 Å². The Morgan fingerprint density at radius 3 is 2.56 bits per heavy atom. The molecule has 1 aliphatic rings. The van der Waals surface area contributed by atoms with Gasteiger partial charge in [0.15, 0.2) is 0 Å². The molecule has 1 heterocycles. The van der Waals surface area contributed by atoms with Crippen molar-refractivity contribution in [1.82, 2.24) is 4.90 Å². The molecule has 18 heavy (non-hydrogen) atoms. The van der Waals surface area contributed by atoms with E-state index in [1.807, 2.05) is 18.2 Å². The monoisotopic (exact) mass is 267 g/mol. The molecule has 1 aromatic carbocycles. The summed E-state index contributed by atoms with van der Waals surface area (Å²) in [6.07, 6.45) is 2.40. The minimum Gasteiger partial charge on any atom is -0.371 e. The lowest BCUT2D eigenvalue weighted by molar-refractivity contribution is 0.249. The van der Waals surface area contributed by atoms with Crippen LogP contribution in [-0.2, 0) is 6.54 Å². The molecule has 3 nitrogen and oxygen atoms in total. The van der Waals surface area contributed by atoms with Crippen LogP contribution in [-0.4, -0.2) is 38.1 Å². The van der Waals surface area contributed by atoms with Crippen LogP contribution >= 0.6 is 11.6 Å². The molecule has 0 spiro atoms. The predicted molar refractivity (Wildman–Crippen MR) is 78.3 cm³/mol. The lowest BCUT2D eigenvalue weighted by Gasteiger charge is -2.37. The summed E-state index contributed by atoms with van der Waals surface area (Å²) in [5.41, 5.74) is 8.20. The van der Waals surface area contributed by atoms with Gasteiger partial charge in [-0.1, -0.05) is 17.7 Å². The molecule has 0 aliphatic carbocycles. The van der Waals surface area contributed by atoms with E-state index in [4.69, 9.17) is 17.3 Å². The number of anilines is 1. The summed E-state index contributed by atoms with van der Waals surface area (Å²) in [7, 11) is 4.32. The molecule has 0 aromatic heterocycles. The Bertz CT molecular complexity index is 398. The largest absolute Gasteiger partial charge is 0.371 e. The second-order valence-electron chi connectivity index (χ2n) is 5.16. The third-order valence-corrected chi connectivity index (χ3v) is 4.04. The van der Waals surface area contributed by atoms with Crippen LogP contribution in [0.1, 0.15) is 18.4 Å². The molecule has 4 heteroatoms. The zero-order chi connectivity index (χ0) is 13.1. The third kappa shape index (κ3) is 2.97. The molecule has 2 N–H and O–H groups in total. The fourth-order valence-corrected chi connectivity index (χ4v) is 2.79. The van der Waals surface area contributed by atoms with Gasteiger partial charge in [-0.3, -0.25) is 0 Å². The SMILES string of the molecule is CN(C)C1CCN(c2cc(Cl)ccc2CN)CC1. The molecule has 1 aromatic rings. The number of nitrogens with zero attached hydrogens (tertiary/aromatic N) is 2. The summed E-state index contributed by atoms with van der Waals surface area (Å²) in [4.78, 5) is 4.73. The van der Waals surface area contributed by atoms with Crippen molar-refractivity contribution in [2.75, 3.05) is 32.1 Å². The van der Waals surface area contributed by atoms with Crippen molar-refractivity contribution in [2.45, 2.75) is 25.4 Å². The summed E-state index contributed by atoms with van der Waals surface area (Å²) in [6.45, 7) is 2.73. The van der Waals surface area contributed by atoms with E-state index in [0.717, 1.165) is 18.1 Å². The van der Waals surface area contributed by atoms with Crippen LogP contribution in [0.2, 0.25) is 5.02 Å². The molecule has 1 saturated heterocycles. The van der Waals surface area contributed by atoms with Gasteiger partial charge in [0.2, 0.25) is 0 Å². The highest BCUT2D eigenvalue weighted by atomic mass is 35.5. The first-order valence-electron chi connectivity index (χ1n) is 6.51. The lowest BCUT2D eigenvalue weighted by Crippen LogP contribution is -2.42. The molecule has 0 atom stereocenters. The maximum atomic E-state index is 6.10. The first kappa shape index (κ1) is 13.7. The van der Waals surface area contributed by atoms with Gasteiger partial charge in [-0.15, -0.1) is 0 Å². The van der Waals surface area contributed by atoms with E-state index in [9.17, 15) is 0 Å². The highest BCUT2D eigenvalue weighted by molar-refractivity contribution is 6.30. The second kappa shape index (κ2) is 5.91. The molecule has 1 fully saturated rings. The van der Waals surface area contributed by atoms with Crippen LogP contribution in [0.3, 0.4) is 0 Å². The van der Waals surface area contributed by atoms with E-state index in [1.54, 1.807) is 0 Å². The van der Waals surface area contributed by atoms with E-state index in [2.05, 4.69) is 23.9 Å². The van der Waals surface area contributed by atoms with Crippen LogP contribution in [0, 0.1) is 0 Å². The quantitative estimate of drug-likeness (QED) is 0.912. The van der Waals surface area contributed by atoms with Crippen LogP contribution in [0.25, 0.3) is 0 Å². The Labute approximate surface area is 115 Å². The summed E-state index contributed by atoms with van der Waals surface area (Å²) in [5, 5.41) is 0.789. The molecular weight excluding hydrogens is 246 g/mol. The molecule has 0 bridgehead atoms. The molecule has 0 saturated carbocycles. The van der Waals surface area contributed by atoms with E-state index >= 15 is 0 Å². The molecule has 100 valence electrons. The number of piperidine rings is 1. The van der Waals surface area contributed by atoms with Crippen LogP contribution < -0.4 is 10.6 Å². The van der Waals surface area contributed by atoms with Crippen molar-refractivity contribution >= 4 is 17.3 Å². The molecule has 0 unspecified atom stereocenters. The van der Waals surface area contributed by atoms with Crippen molar-refractivity contribution in [1.29, 1.82) is 0 Å². The van der Waals surface area contributed by atoms with Gasteiger partial charge in [-0.25, -0.2) is 0 Å². The molecule has 2 rings (SSSR count). The van der Waals surface area contributed by atoms with E-state index in [0.29, 0.717) is 12.6 Å². The van der Waals surface area contributed by atoms with Gasteiger partial charge in [-0.2, -0.15) is 0 Å². The van der Waals surface area contributed by atoms with Crippen LogP contribution in [0.15, 0.2) is 18.2 Å². The summed E-state index contributed by atoms with van der Waals surface area (Å²) in [6, 6.07) is 6.69. The number of nitrogens with two attached hydrogens (primary N) is 1. The van der Waals surface area contributed by atoms with Crippen molar-refractivity contribution in [2.24, 2.45) is 5.73 Å². The van der Waals surface area contributed by atoms with Gasteiger partial charge in [0.05, 0.1) is 0 Å². The topological polar surface area (TPSA) is 32.5 Å². The molecule has 1 aliphatic heterocycles. The minimum absolute atomic E-state index is 0.570. The highest BCUT2D eigenvalue weighted by Gasteiger charge is 2.22. The number of rotatable bonds is 3. The Balaban J connectivity index is 2.11. The number of hydrogen-bond donors (Lipinski definition) is 1. The van der Waals surface area contributed by atoms with Gasteiger partial charge < -0.3 is 15.5 Å². The smallest absolute Gasteiger partial charge is 0.0426 e. The zero-order valence-corrected chi connectivity index (χ0v) is 12.0. The van der Waals surface area contributed by atoms with Gasteiger partial charge in [0.1, 0.15) is 0 Å². The van der Waals surface area contributed by atoms with Crippen molar-refractivity contribution in [3.8, 4) is 0 Å². The first-order chi connectivity index (χ1) is 8.61. The van der Waals surface area contributed by atoms with E-state index in [1.165, 1.54) is 24.1 Å². The van der Waals surface area contributed by atoms with Crippen molar-refractivity contribution in [3.63, 3.8) is 0 Å². The van der Waals surface area contributed by atoms with Gasteiger partial charge in [0.25, 0.3) is 0 Å². The summed E-state index contributed by atoms with van der Waals surface area (Å²) in [5.74, 6) is 0. The standard InChI is InChI=1S/C14H22ClN3/c1-17(2)13-5-7-18(8-6-13)14-9-12(15)4-3-11(14)10-16/h3-4,9,13H,5-8,10,16H2,1-2H3. The highest BCUT2D eigenvalue weighted by Crippen LogP contribution is 2.28. The predicted octanol–water partition coefficient (Wildman–Crippen LogP) is 2.33. The van der Waals surface area contributed by atoms with Crippen LogP contribution in [0.5, 0.6) is 0 Å². The maximum Gasteiger partial charge on any atom is 0.0426 e. The third-order valence-electron chi connectivity index (χ3n) is 3.80. The second-order valence-corrected chi connectivity index (χ2v) is 5.60. The number of halogens is 1. The summed E-state index contributed by atoms with van der Waals surface area (Å²) < 4.78 is 0. The Kier molecular flexibility index (Phi) is 4.49. The zero-order valence-electron chi connectivity index (χ0n) is 11.2. The van der Waals surface area contributed by atoms with E-state index < -0.39 is 0 Å². The maximum absolute atomic E-state index is 6.10. The minimum atomic E-state index is 0.570. The Hall–Kier alpha value is -0.770. The molecule has 0 amide bonds. The van der Waals surface area contributed by atoms with Gasteiger partial charge in [0, 0.05) is 36.4 Å². The normalized spacial score (nSPS) is 17.5. The Morgan fingerprint density at radius 1 is 1.33 bits per heavy atom. The number of benzene rings is 1. The van der Waals surface area contributed by atoms with Gasteiger partial charge >= 0.3 is 0 Å². The van der Waals surface area contributed by atoms with Crippen LogP contribution in [0.4, 0.5) is 5.69 Å². The molecular formula is C14H22ClN3. The van der Waals surface area contributed by atoms with E-state index in [-0.39, 0.29) is 0 Å². The van der Waals surface area contributed by atoms with Crippen molar-refractivity contribution < 1.29 is 0 Å². The first-order valence-corrected chi connectivity index (χ1v) is 6.89. The fourth-order valence-electron chi connectivity index (χ4n) is 2.63. The Morgan fingerprint density at radius 2 is 2.00 bits per heavy atom. The molecule has 0 radical (unpaired) electrons. The number of hydrogen-bond acceptors (Lipinski definition) is 3. The average Bonchev–Trinajstić information content (AvgIpc) is 2.39. The lowest BCUT2D eigenvalue weighted by atomic mass is 10.0.